The van der Waals surface area contributed by atoms with Crippen LogP contribution in [0, 0.1) is 6.92 Å². The Bertz CT molecular complexity index is 684. The van der Waals surface area contributed by atoms with Crippen molar-refractivity contribution >= 4 is 28.4 Å². The summed E-state index contributed by atoms with van der Waals surface area (Å²) in [4.78, 5) is 34.1. The molecule has 0 bridgehead atoms. The summed E-state index contributed by atoms with van der Waals surface area (Å²) in [6.07, 6.45) is 3.70. The third-order valence-corrected chi connectivity index (χ3v) is 4.20. The second-order valence-electron chi connectivity index (χ2n) is 5.09. The number of carbonyl (C=O) groups excluding carboxylic acids is 2. The lowest BCUT2D eigenvalue weighted by atomic mass is 10.2. The smallest absolute Gasteiger partial charge is 0.321 e. The van der Waals surface area contributed by atoms with Gasteiger partial charge in [-0.15, -0.1) is 0 Å². The number of carbonyl (C=O) groups is 2. The van der Waals surface area contributed by atoms with E-state index in [4.69, 9.17) is 0 Å². The van der Waals surface area contributed by atoms with E-state index in [1.165, 1.54) is 16.2 Å². The van der Waals surface area contributed by atoms with Crippen LogP contribution < -0.4 is 10.6 Å². The van der Waals surface area contributed by atoms with Crippen LogP contribution in [0.1, 0.15) is 12.1 Å². The Morgan fingerprint density at radius 3 is 2.61 bits per heavy atom. The number of rotatable bonds is 5. The van der Waals surface area contributed by atoms with Gasteiger partial charge in [-0.2, -0.15) is 0 Å². The van der Waals surface area contributed by atoms with E-state index >= 15 is 0 Å². The van der Waals surface area contributed by atoms with Crippen LogP contribution in [-0.4, -0.2) is 47.4 Å². The van der Waals surface area contributed by atoms with Gasteiger partial charge >= 0.3 is 6.03 Å². The first-order chi connectivity index (χ1) is 11.0. The molecule has 2 heterocycles. The number of aromatic nitrogens is 2. The summed E-state index contributed by atoms with van der Waals surface area (Å²) < 4.78 is 0. The topological polar surface area (TPSA) is 87.2 Å². The zero-order chi connectivity index (χ0) is 16.8. The van der Waals surface area contributed by atoms with E-state index in [2.05, 4.69) is 20.6 Å². The van der Waals surface area contributed by atoms with E-state index in [0.29, 0.717) is 5.13 Å². The maximum Gasteiger partial charge on any atom is 0.321 e. The predicted octanol–water partition coefficient (Wildman–Crippen LogP) is 2.11. The molecule has 0 aliphatic carbocycles. The number of hydrogen-bond donors (Lipinski definition) is 2. The first-order valence-corrected chi connectivity index (χ1v) is 7.92. The van der Waals surface area contributed by atoms with E-state index in [9.17, 15) is 9.59 Å². The number of amides is 3. The van der Waals surface area contributed by atoms with Crippen molar-refractivity contribution in [2.45, 2.75) is 13.3 Å². The Morgan fingerprint density at radius 2 is 1.96 bits per heavy atom. The van der Waals surface area contributed by atoms with Crippen LogP contribution >= 0.6 is 11.3 Å². The molecule has 0 radical (unpaired) electrons. The standard InChI is InChI=1S/C15H19N5O2S/c1-10-13(11-4-7-16-8-5-11)23-15(18-10)19-14(22)17-9-6-12(21)20(2)3/h4-5,7-8H,6,9H2,1-3H3,(H2,17,18,19,22). The lowest BCUT2D eigenvalue weighted by molar-refractivity contribution is -0.128. The Hall–Kier alpha value is -2.48. The van der Waals surface area contributed by atoms with E-state index in [1.807, 2.05) is 19.1 Å². The molecule has 0 spiro atoms. The molecule has 0 atom stereocenters. The van der Waals surface area contributed by atoms with Gasteiger partial charge in [0.25, 0.3) is 0 Å². The van der Waals surface area contributed by atoms with Crippen LogP contribution in [0.4, 0.5) is 9.93 Å². The summed E-state index contributed by atoms with van der Waals surface area (Å²) in [6, 6.07) is 3.43. The van der Waals surface area contributed by atoms with Crippen molar-refractivity contribution < 1.29 is 9.59 Å². The van der Waals surface area contributed by atoms with Crippen LogP contribution in [0.25, 0.3) is 10.4 Å². The van der Waals surface area contributed by atoms with Crippen molar-refractivity contribution in [2.24, 2.45) is 0 Å². The molecule has 2 aromatic rings. The molecule has 0 unspecified atom stereocenters. The fraction of sp³-hybridized carbons (Fsp3) is 0.333. The normalized spacial score (nSPS) is 10.2. The van der Waals surface area contributed by atoms with Gasteiger partial charge in [0.1, 0.15) is 0 Å². The third-order valence-electron chi connectivity index (χ3n) is 3.08. The maximum atomic E-state index is 11.8. The summed E-state index contributed by atoms with van der Waals surface area (Å²) >= 11 is 1.40. The number of anilines is 1. The van der Waals surface area contributed by atoms with Gasteiger partial charge in [0.2, 0.25) is 5.91 Å². The van der Waals surface area contributed by atoms with Crippen molar-refractivity contribution in [1.29, 1.82) is 0 Å². The molecular formula is C15H19N5O2S. The molecule has 2 N–H and O–H groups in total. The zero-order valence-corrected chi connectivity index (χ0v) is 14.1. The Balaban J connectivity index is 1.91. The van der Waals surface area contributed by atoms with Gasteiger partial charge < -0.3 is 10.2 Å². The van der Waals surface area contributed by atoms with Crippen LogP contribution in [0.5, 0.6) is 0 Å². The number of thiazole rings is 1. The van der Waals surface area contributed by atoms with Gasteiger partial charge in [0.05, 0.1) is 10.6 Å². The summed E-state index contributed by atoms with van der Waals surface area (Å²) in [7, 11) is 3.36. The van der Waals surface area contributed by atoms with E-state index in [0.717, 1.165) is 16.1 Å². The molecule has 122 valence electrons. The molecule has 0 fully saturated rings. The van der Waals surface area contributed by atoms with Crippen molar-refractivity contribution in [2.75, 3.05) is 26.0 Å². The predicted molar refractivity (Wildman–Crippen MR) is 90.4 cm³/mol. The van der Waals surface area contributed by atoms with E-state index in [1.54, 1.807) is 26.5 Å². The number of nitrogens with zero attached hydrogens (tertiary/aromatic N) is 3. The summed E-state index contributed by atoms with van der Waals surface area (Å²) in [5.74, 6) is -0.0321. The molecule has 8 heteroatoms. The minimum atomic E-state index is -0.369. The molecule has 0 saturated heterocycles. The second kappa shape index (κ2) is 7.68. The molecule has 0 aromatic carbocycles. The van der Waals surface area contributed by atoms with Gasteiger partial charge in [-0.1, -0.05) is 11.3 Å². The molecule has 2 rings (SSSR count). The summed E-state index contributed by atoms with van der Waals surface area (Å²) in [5.41, 5.74) is 1.86. The Labute approximate surface area is 138 Å². The van der Waals surface area contributed by atoms with Crippen molar-refractivity contribution in [3.63, 3.8) is 0 Å². The molecule has 3 amide bonds. The van der Waals surface area contributed by atoms with Crippen LogP contribution in [0.3, 0.4) is 0 Å². The van der Waals surface area contributed by atoms with Gasteiger partial charge in [-0.05, 0) is 24.6 Å². The quantitative estimate of drug-likeness (QED) is 0.877. The SMILES string of the molecule is Cc1nc(NC(=O)NCCC(=O)N(C)C)sc1-c1ccncc1. The summed E-state index contributed by atoms with van der Waals surface area (Å²) in [5, 5.41) is 5.86. The highest BCUT2D eigenvalue weighted by Gasteiger charge is 2.12. The number of pyridine rings is 1. The van der Waals surface area contributed by atoms with Gasteiger partial charge in [0, 0.05) is 39.5 Å². The van der Waals surface area contributed by atoms with Crippen molar-refractivity contribution in [1.82, 2.24) is 20.2 Å². The first kappa shape index (κ1) is 16.9. The Morgan fingerprint density at radius 1 is 1.26 bits per heavy atom. The lowest BCUT2D eigenvalue weighted by Crippen LogP contribution is -2.33. The molecule has 7 nitrogen and oxygen atoms in total. The van der Waals surface area contributed by atoms with Crippen molar-refractivity contribution in [3.8, 4) is 10.4 Å². The van der Waals surface area contributed by atoms with Crippen LogP contribution in [0.15, 0.2) is 24.5 Å². The van der Waals surface area contributed by atoms with Crippen LogP contribution in [0.2, 0.25) is 0 Å². The largest absolute Gasteiger partial charge is 0.349 e. The second-order valence-corrected chi connectivity index (χ2v) is 6.09. The van der Waals surface area contributed by atoms with E-state index < -0.39 is 0 Å². The zero-order valence-electron chi connectivity index (χ0n) is 13.3. The minimum absolute atomic E-state index is 0.0321. The monoisotopic (exact) mass is 333 g/mol. The lowest BCUT2D eigenvalue weighted by Gasteiger charge is -2.10. The molecular weight excluding hydrogens is 314 g/mol. The minimum Gasteiger partial charge on any atom is -0.349 e. The summed E-state index contributed by atoms with van der Waals surface area (Å²) in [6.45, 7) is 2.18. The third kappa shape index (κ3) is 4.75. The number of nitrogens with one attached hydrogen (secondary N) is 2. The number of urea groups is 1. The van der Waals surface area contributed by atoms with Crippen molar-refractivity contribution in [3.05, 3.63) is 30.2 Å². The average molecular weight is 333 g/mol. The molecule has 0 saturated carbocycles. The molecule has 0 aliphatic heterocycles. The average Bonchev–Trinajstić information content (AvgIpc) is 2.88. The van der Waals surface area contributed by atoms with Gasteiger partial charge in [-0.3, -0.25) is 15.1 Å². The highest BCUT2D eigenvalue weighted by Crippen LogP contribution is 2.32. The molecule has 0 aliphatic rings. The highest BCUT2D eigenvalue weighted by molar-refractivity contribution is 7.19. The highest BCUT2D eigenvalue weighted by atomic mass is 32.1. The molecule has 2 aromatic heterocycles. The Kier molecular flexibility index (Phi) is 5.64. The van der Waals surface area contributed by atoms with Crippen LogP contribution in [-0.2, 0) is 4.79 Å². The van der Waals surface area contributed by atoms with Gasteiger partial charge in [-0.25, -0.2) is 9.78 Å². The van der Waals surface area contributed by atoms with Gasteiger partial charge in [0.15, 0.2) is 5.13 Å². The number of aryl methyl sites for hydroxylation is 1. The molecule has 23 heavy (non-hydrogen) atoms. The fourth-order valence-electron chi connectivity index (χ4n) is 1.87. The maximum absolute atomic E-state index is 11.8. The van der Waals surface area contributed by atoms with E-state index in [-0.39, 0.29) is 24.9 Å². The first-order valence-electron chi connectivity index (χ1n) is 7.10. The fourth-order valence-corrected chi connectivity index (χ4v) is 2.84. The number of hydrogen-bond acceptors (Lipinski definition) is 5.